The number of carbonyl (C=O) groups excluding carboxylic acids is 1. The van der Waals surface area contributed by atoms with Crippen LogP contribution in [0.25, 0.3) is 0 Å². The average Bonchev–Trinajstić information content (AvgIpc) is 2.53. The lowest BCUT2D eigenvalue weighted by Crippen LogP contribution is -2.55. The first-order valence-electron chi connectivity index (χ1n) is 7.49. The number of hydrogen-bond acceptors (Lipinski definition) is 3. The van der Waals surface area contributed by atoms with Crippen molar-refractivity contribution in [3.63, 3.8) is 0 Å². The lowest BCUT2D eigenvalue weighted by atomic mass is 10.2. The van der Waals surface area contributed by atoms with Crippen molar-refractivity contribution in [2.24, 2.45) is 0 Å². The lowest BCUT2D eigenvalue weighted by Gasteiger charge is -2.40. The molecule has 4 heteroatoms. The zero-order chi connectivity index (χ0) is 14.4. The Morgan fingerprint density at radius 1 is 1.25 bits per heavy atom. The second kappa shape index (κ2) is 7.04. The summed E-state index contributed by atoms with van der Waals surface area (Å²) >= 11 is 0. The number of aliphatic hydroxyl groups is 1. The highest BCUT2D eigenvalue weighted by atomic mass is 28.3. The molecule has 110 valence electrons. The molecule has 1 atom stereocenters. The molecule has 1 saturated heterocycles. The summed E-state index contributed by atoms with van der Waals surface area (Å²) in [7, 11) is -0.467. The molecule has 2 rings (SSSR count). The summed E-state index contributed by atoms with van der Waals surface area (Å²) in [6, 6.07) is 12.8. The fourth-order valence-electron chi connectivity index (χ4n) is 3.68. The number of hydrogen-bond donors (Lipinski definition) is 1. The maximum Gasteiger partial charge on any atom is 0.306 e. The molecule has 20 heavy (non-hydrogen) atoms. The fraction of sp³-hybridized carbons (Fsp3) is 0.562. The monoisotopic (exact) mass is 292 g/mol. The molecule has 1 N–H and O–H groups in total. The molecule has 0 bridgehead atoms. The van der Waals surface area contributed by atoms with E-state index in [2.05, 4.69) is 24.3 Å². The van der Waals surface area contributed by atoms with Crippen molar-refractivity contribution < 1.29 is 14.6 Å². The molecule has 0 saturated carbocycles. The molecule has 1 heterocycles. The van der Waals surface area contributed by atoms with Crippen molar-refractivity contribution >= 4 is 19.2 Å². The topological polar surface area (TPSA) is 46.5 Å². The van der Waals surface area contributed by atoms with Crippen LogP contribution < -0.4 is 5.19 Å². The lowest BCUT2D eigenvalue weighted by molar-refractivity contribution is -0.141. The Bertz CT molecular complexity index is 427. The Balaban J connectivity index is 2.41. The number of aliphatic hydroxyl groups excluding tert-OH is 1. The molecule has 1 aromatic rings. The van der Waals surface area contributed by atoms with Crippen LogP contribution in [0.15, 0.2) is 30.3 Å². The van der Waals surface area contributed by atoms with Crippen molar-refractivity contribution in [2.45, 2.75) is 43.3 Å². The van der Waals surface area contributed by atoms with Crippen molar-refractivity contribution in [3.05, 3.63) is 30.3 Å². The molecular weight excluding hydrogens is 268 g/mol. The number of carbonyl (C=O) groups is 1. The second-order valence-electron chi connectivity index (χ2n) is 5.67. The van der Waals surface area contributed by atoms with E-state index in [9.17, 15) is 9.90 Å². The summed E-state index contributed by atoms with van der Waals surface area (Å²) in [6.07, 6.45) is 4.18. The zero-order valence-electron chi connectivity index (χ0n) is 12.2. The summed E-state index contributed by atoms with van der Waals surface area (Å²) in [5.74, 6) is -0.128. The van der Waals surface area contributed by atoms with Crippen LogP contribution >= 0.6 is 0 Å². The van der Waals surface area contributed by atoms with Gasteiger partial charge in [-0.25, -0.2) is 0 Å². The van der Waals surface area contributed by atoms with E-state index in [-0.39, 0.29) is 18.1 Å². The average molecular weight is 292 g/mol. The first-order valence-corrected chi connectivity index (χ1v) is 9.98. The minimum absolute atomic E-state index is 0.0569. The van der Waals surface area contributed by atoms with Gasteiger partial charge in [0, 0.05) is 6.61 Å². The largest absolute Gasteiger partial charge is 0.469 e. The highest BCUT2D eigenvalue weighted by molar-refractivity contribution is 6.95. The summed E-state index contributed by atoms with van der Waals surface area (Å²) in [5, 5.41) is 10.7. The van der Waals surface area contributed by atoms with Gasteiger partial charge in [-0.05, 0) is 6.42 Å². The minimum Gasteiger partial charge on any atom is -0.469 e. The first-order chi connectivity index (χ1) is 9.74. The van der Waals surface area contributed by atoms with Crippen LogP contribution in [0.4, 0.5) is 0 Å². The van der Waals surface area contributed by atoms with Crippen LogP contribution in [0.3, 0.4) is 0 Å². The summed E-state index contributed by atoms with van der Waals surface area (Å²) in [5.41, 5.74) is -0.111. The van der Waals surface area contributed by atoms with Crippen LogP contribution in [0.2, 0.25) is 17.6 Å². The first kappa shape index (κ1) is 15.3. The smallest absolute Gasteiger partial charge is 0.306 e. The van der Waals surface area contributed by atoms with Crippen LogP contribution in [0.1, 0.15) is 25.7 Å². The van der Waals surface area contributed by atoms with E-state index in [0.29, 0.717) is 6.42 Å². The van der Waals surface area contributed by atoms with Gasteiger partial charge in [0.05, 0.1) is 12.7 Å². The predicted molar refractivity (Wildman–Crippen MR) is 82.8 cm³/mol. The van der Waals surface area contributed by atoms with Gasteiger partial charge >= 0.3 is 5.97 Å². The van der Waals surface area contributed by atoms with Crippen LogP contribution in [-0.4, -0.2) is 32.9 Å². The molecular formula is C16H24O3Si. The van der Waals surface area contributed by atoms with E-state index >= 15 is 0 Å². The zero-order valence-corrected chi connectivity index (χ0v) is 13.2. The van der Waals surface area contributed by atoms with E-state index in [1.807, 2.05) is 6.07 Å². The molecule has 1 fully saturated rings. The highest BCUT2D eigenvalue weighted by Gasteiger charge is 2.47. The Hall–Kier alpha value is -1.13. The van der Waals surface area contributed by atoms with Crippen LogP contribution in [0.5, 0.6) is 0 Å². The fourth-order valence-corrected chi connectivity index (χ4v) is 9.48. The molecule has 1 unspecified atom stereocenters. The third kappa shape index (κ3) is 2.96. The van der Waals surface area contributed by atoms with E-state index in [0.717, 1.165) is 12.1 Å². The maximum absolute atomic E-state index is 12.3. The van der Waals surface area contributed by atoms with E-state index < -0.39 is 8.07 Å². The predicted octanol–water partition coefficient (Wildman–Crippen LogP) is 2.45. The van der Waals surface area contributed by atoms with Gasteiger partial charge in [0.15, 0.2) is 0 Å². The number of methoxy groups -OCH3 is 1. The third-order valence-corrected chi connectivity index (χ3v) is 10.5. The van der Waals surface area contributed by atoms with Gasteiger partial charge in [0.2, 0.25) is 0 Å². The molecule has 1 aliphatic rings. The van der Waals surface area contributed by atoms with Gasteiger partial charge in [-0.3, -0.25) is 4.79 Å². The molecule has 0 spiro atoms. The van der Waals surface area contributed by atoms with Gasteiger partial charge in [-0.2, -0.15) is 0 Å². The van der Waals surface area contributed by atoms with Gasteiger partial charge in [-0.15, -0.1) is 0 Å². The Labute approximate surface area is 122 Å². The van der Waals surface area contributed by atoms with Crippen LogP contribution in [-0.2, 0) is 9.53 Å². The Morgan fingerprint density at radius 3 is 2.45 bits per heavy atom. The van der Waals surface area contributed by atoms with Gasteiger partial charge in [0.1, 0.15) is 8.07 Å². The van der Waals surface area contributed by atoms with Gasteiger partial charge < -0.3 is 9.84 Å². The van der Waals surface area contributed by atoms with Crippen molar-refractivity contribution in [1.29, 1.82) is 0 Å². The molecule has 0 amide bonds. The summed E-state index contributed by atoms with van der Waals surface area (Å²) in [6.45, 7) is 0.0569. The Morgan fingerprint density at radius 2 is 1.90 bits per heavy atom. The van der Waals surface area contributed by atoms with E-state index in [4.69, 9.17) is 4.74 Å². The van der Waals surface area contributed by atoms with E-state index in [1.54, 1.807) is 0 Å². The number of rotatable bonds is 5. The molecule has 0 radical (unpaired) electrons. The maximum atomic E-state index is 12.3. The second-order valence-corrected chi connectivity index (χ2v) is 10.3. The minimum atomic E-state index is -1.93. The van der Waals surface area contributed by atoms with Crippen molar-refractivity contribution in [1.82, 2.24) is 0 Å². The molecule has 0 aliphatic carbocycles. The Kier molecular flexibility index (Phi) is 5.37. The van der Waals surface area contributed by atoms with Crippen molar-refractivity contribution in [3.8, 4) is 0 Å². The van der Waals surface area contributed by atoms with E-state index in [1.165, 1.54) is 31.6 Å². The van der Waals surface area contributed by atoms with Crippen molar-refractivity contribution in [2.75, 3.05) is 13.7 Å². The number of esters is 1. The third-order valence-electron chi connectivity index (χ3n) is 4.66. The SMILES string of the molecule is COC(=O)C(CCO)[Si]1(c2ccccc2)CCCCC1. The molecule has 1 aliphatic heterocycles. The normalized spacial score (nSPS) is 19.3. The standard InChI is InChI=1S/C16H24O3Si/c1-19-16(18)15(10-11-17)20(12-6-3-7-13-20)14-8-4-2-5-9-14/h2,4-5,8-9,15,17H,3,6-7,10-13H2,1H3. The molecule has 1 aromatic carbocycles. The quantitative estimate of drug-likeness (QED) is 0.670. The number of benzene rings is 1. The van der Waals surface area contributed by atoms with Crippen LogP contribution in [0, 0.1) is 0 Å². The highest BCUT2D eigenvalue weighted by Crippen LogP contribution is 2.39. The summed E-state index contributed by atoms with van der Waals surface area (Å²) < 4.78 is 5.05. The molecule has 0 aromatic heterocycles. The van der Waals surface area contributed by atoms with Gasteiger partial charge in [0.25, 0.3) is 0 Å². The molecule has 3 nitrogen and oxygen atoms in total. The number of ether oxygens (including phenoxy) is 1. The summed E-state index contributed by atoms with van der Waals surface area (Å²) in [4.78, 5) is 12.3. The van der Waals surface area contributed by atoms with Gasteiger partial charge in [-0.1, -0.05) is 66.9 Å².